The Labute approximate surface area is 240 Å². The standard InChI is InChI=1S/C29H28N8O5/c1-29(2,3)23-16-24(36(35-23)17-7-9-18(41-4)10-8-17)34-28(38)33-20-11-12-21(25-19(20)6-5-14-31-25)42-22-13-15-32-27(30)26(22)37(39)40/h5-16H,1-4H3,(H2,30,32)(H2,33,34,38). The largest absolute Gasteiger partial charge is 0.497 e. The summed E-state index contributed by atoms with van der Waals surface area (Å²) in [7, 11) is 1.59. The number of ether oxygens (including phenoxy) is 2. The number of aromatic nitrogens is 4. The second kappa shape index (κ2) is 11.0. The maximum atomic E-state index is 13.3. The van der Waals surface area contributed by atoms with Gasteiger partial charge in [0.1, 0.15) is 17.1 Å². The van der Waals surface area contributed by atoms with Gasteiger partial charge in [0.05, 0.1) is 29.1 Å². The minimum atomic E-state index is -0.657. The number of carbonyl (C=O) groups is 1. The number of hydrogen-bond acceptors (Lipinski definition) is 9. The van der Waals surface area contributed by atoms with Crippen LogP contribution in [-0.2, 0) is 5.41 Å². The van der Waals surface area contributed by atoms with E-state index in [4.69, 9.17) is 20.3 Å². The summed E-state index contributed by atoms with van der Waals surface area (Å²) in [5.74, 6) is 1.04. The molecule has 2 aromatic carbocycles. The smallest absolute Gasteiger partial charge is 0.353 e. The van der Waals surface area contributed by atoms with Crippen molar-refractivity contribution in [3.63, 3.8) is 0 Å². The Hall–Kier alpha value is -5.72. The lowest BCUT2D eigenvalue weighted by Crippen LogP contribution is -2.21. The maximum absolute atomic E-state index is 13.3. The lowest BCUT2D eigenvalue weighted by atomic mass is 9.92. The van der Waals surface area contributed by atoms with E-state index in [-0.39, 0.29) is 22.7 Å². The molecular formula is C29H28N8O5. The van der Waals surface area contributed by atoms with Crippen LogP contribution in [0.25, 0.3) is 16.6 Å². The van der Waals surface area contributed by atoms with Crippen molar-refractivity contribution in [2.75, 3.05) is 23.5 Å². The van der Waals surface area contributed by atoms with Crippen LogP contribution < -0.4 is 25.8 Å². The molecule has 214 valence electrons. The van der Waals surface area contributed by atoms with Crippen LogP contribution in [0.2, 0.25) is 0 Å². The number of urea groups is 1. The van der Waals surface area contributed by atoms with E-state index >= 15 is 0 Å². The molecule has 0 atom stereocenters. The third kappa shape index (κ3) is 5.61. The van der Waals surface area contributed by atoms with Gasteiger partial charge in [0.25, 0.3) is 0 Å². The molecular weight excluding hydrogens is 540 g/mol. The second-order valence-electron chi connectivity index (χ2n) is 10.3. The second-order valence-corrected chi connectivity index (χ2v) is 10.3. The molecule has 0 spiro atoms. The van der Waals surface area contributed by atoms with Gasteiger partial charge in [-0.3, -0.25) is 20.4 Å². The van der Waals surface area contributed by atoms with E-state index in [0.717, 1.165) is 11.4 Å². The van der Waals surface area contributed by atoms with Gasteiger partial charge in [-0.05, 0) is 48.5 Å². The Bertz CT molecular complexity index is 1790. The van der Waals surface area contributed by atoms with Crippen molar-refractivity contribution in [3.05, 3.63) is 88.9 Å². The molecule has 5 rings (SSSR count). The first-order valence-electron chi connectivity index (χ1n) is 12.8. The van der Waals surface area contributed by atoms with Crippen LogP contribution in [0.4, 0.5) is 27.8 Å². The van der Waals surface area contributed by atoms with Gasteiger partial charge in [0.15, 0.2) is 5.75 Å². The number of pyridine rings is 2. The molecule has 0 fully saturated rings. The predicted molar refractivity (Wildman–Crippen MR) is 159 cm³/mol. The maximum Gasteiger partial charge on any atom is 0.353 e. The summed E-state index contributed by atoms with van der Waals surface area (Å²) in [6, 6.07) is 16.6. The molecule has 42 heavy (non-hydrogen) atoms. The third-order valence-electron chi connectivity index (χ3n) is 6.34. The van der Waals surface area contributed by atoms with Crippen LogP contribution in [0.15, 0.2) is 73.1 Å². The summed E-state index contributed by atoms with van der Waals surface area (Å²) in [5, 5.41) is 22.6. The van der Waals surface area contributed by atoms with Gasteiger partial charge in [-0.2, -0.15) is 5.10 Å². The number of nitrogens with zero attached hydrogens (tertiary/aromatic N) is 5. The number of nitro groups is 1. The zero-order valence-electron chi connectivity index (χ0n) is 23.3. The molecule has 13 heteroatoms. The number of anilines is 3. The average molecular weight is 569 g/mol. The molecule has 13 nitrogen and oxygen atoms in total. The lowest BCUT2D eigenvalue weighted by Gasteiger charge is -2.14. The molecule has 0 unspecified atom stereocenters. The highest BCUT2D eigenvalue weighted by atomic mass is 16.6. The van der Waals surface area contributed by atoms with E-state index in [1.54, 1.807) is 42.3 Å². The van der Waals surface area contributed by atoms with Crippen LogP contribution in [0, 0.1) is 10.1 Å². The van der Waals surface area contributed by atoms with Crippen molar-refractivity contribution in [2.45, 2.75) is 26.2 Å². The van der Waals surface area contributed by atoms with Crippen LogP contribution in [0.3, 0.4) is 0 Å². The Balaban J connectivity index is 1.44. The number of nitrogen functional groups attached to an aromatic ring is 1. The van der Waals surface area contributed by atoms with Crippen molar-refractivity contribution in [2.24, 2.45) is 0 Å². The molecule has 0 bridgehead atoms. The van der Waals surface area contributed by atoms with Crippen molar-refractivity contribution in [1.29, 1.82) is 0 Å². The van der Waals surface area contributed by atoms with E-state index < -0.39 is 16.6 Å². The van der Waals surface area contributed by atoms with E-state index in [1.165, 1.54) is 12.3 Å². The minimum absolute atomic E-state index is 0.0839. The van der Waals surface area contributed by atoms with E-state index in [0.29, 0.717) is 28.2 Å². The zero-order valence-corrected chi connectivity index (χ0v) is 23.3. The fourth-order valence-corrected chi connectivity index (χ4v) is 4.20. The van der Waals surface area contributed by atoms with Crippen LogP contribution >= 0.6 is 0 Å². The highest BCUT2D eigenvalue weighted by Crippen LogP contribution is 2.38. The molecule has 0 saturated heterocycles. The van der Waals surface area contributed by atoms with Crippen molar-refractivity contribution in [1.82, 2.24) is 19.7 Å². The molecule has 3 heterocycles. The number of benzene rings is 2. The monoisotopic (exact) mass is 568 g/mol. The summed E-state index contributed by atoms with van der Waals surface area (Å²) in [4.78, 5) is 32.3. The van der Waals surface area contributed by atoms with Crippen LogP contribution in [-0.4, -0.2) is 37.8 Å². The summed E-state index contributed by atoms with van der Waals surface area (Å²) in [6.07, 6.45) is 2.87. The predicted octanol–water partition coefficient (Wildman–Crippen LogP) is 6.05. The Morgan fingerprint density at radius 1 is 1.00 bits per heavy atom. The molecule has 0 aliphatic heterocycles. The van der Waals surface area contributed by atoms with Crippen molar-refractivity contribution < 1.29 is 19.2 Å². The average Bonchev–Trinajstić information content (AvgIpc) is 3.38. The summed E-state index contributed by atoms with van der Waals surface area (Å²) >= 11 is 0. The summed E-state index contributed by atoms with van der Waals surface area (Å²) < 4.78 is 12.8. The number of nitrogens with two attached hydrogens (primary N) is 1. The van der Waals surface area contributed by atoms with Crippen molar-refractivity contribution >= 4 is 39.9 Å². The fraction of sp³-hybridized carbons (Fsp3) is 0.172. The molecule has 0 saturated carbocycles. The van der Waals surface area contributed by atoms with E-state index in [1.807, 2.05) is 51.1 Å². The highest BCUT2D eigenvalue weighted by molar-refractivity contribution is 6.06. The van der Waals surface area contributed by atoms with Gasteiger partial charge in [-0.15, -0.1) is 0 Å². The SMILES string of the molecule is COc1ccc(-n2nc(C(C)(C)C)cc2NC(=O)Nc2ccc(Oc3ccnc(N)c3[N+](=O)[O-])c3ncccc23)cc1. The van der Waals surface area contributed by atoms with Crippen molar-refractivity contribution in [3.8, 4) is 22.9 Å². The number of fused-ring (bicyclic) bond motifs is 1. The minimum Gasteiger partial charge on any atom is -0.497 e. The number of methoxy groups -OCH3 is 1. The highest BCUT2D eigenvalue weighted by Gasteiger charge is 2.24. The first kappa shape index (κ1) is 27.8. The number of amides is 2. The van der Waals surface area contributed by atoms with Gasteiger partial charge in [-0.1, -0.05) is 20.8 Å². The van der Waals surface area contributed by atoms with Gasteiger partial charge >= 0.3 is 11.7 Å². The van der Waals surface area contributed by atoms with E-state index in [2.05, 4.69) is 20.6 Å². The number of rotatable bonds is 7. The van der Waals surface area contributed by atoms with E-state index in [9.17, 15) is 14.9 Å². The molecule has 0 aliphatic rings. The molecule has 5 aromatic rings. The number of nitrogens with one attached hydrogen (secondary N) is 2. The summed E-state index contributed by atoms with van der Waals surface area (Å²) in [5.41, 5.74) is 7.33. The quantitative estimate of drug-likeness (QED) is 0.156. The lowest BCUT2D eigenvalue weighted by molar-refractivity contribution is -0.384. The number of hydrogen-bond donors (Lipinski definition) is 3. The molecule has 0 radical (unpaired) electrons. The fourth-order valence-electron chi connectivity index (χ4n) is 4.20. The first-order valence-corrected chi connectivity index (χ1v) is 12.8. The van der Waals surface area contributed by atoms with Gasteiger partial charge in [0.2, 0.25) is 11.6 Å². The zero-order chi connectivity index (χ0) is 30.0. The van der Waals surface area contributed by atoms with Gasteiger partial charge in [-0.25, -0.2) is 14.5 Å². The van der Waals surface area contributed by atoms with Gasteiger partial charge < -0.3 is 20.5 Å². The normalized spacial score (nSPS) is 11.2. The first-order chi connectivity index (χ1) is 20.0. The topological polar surface area (TPSA) is 172 Å². The third-order valence-corrected chi connectivity index (χ3v) is 6.34. The van der Waals surface area contributed by atoms with Crippen LogP contribution in [0.1, 0.15) is 26.5 Å². The Morgan fingerprint density at radius 2 is 1.76 bits per heavy atom. The molecule has 3 aromatic heterocycles. The summed E-state index contributed by atoms with van der Waals surface area (Å²) in [6.45, 7) is 6.11. The van der Waals surface area contributed by atoms with Gasteiger partial charge in [0, 0.05) is 35.3 Å². The Morgan fingerprint density at radius 3 is 2.45 bits per heavy atom. The van der Waals surface area contributed by atoms with Crippen LogP contribution in [0.5, 0.6) is 17.2 Å². The molecule has 2 amide bonds. The number of carbonyl (C=O) groups excluding carboxylic acids is 1. The molecule has 4 N–H and O–H groups in total. The molecule has 0 aliphatic carbocycles. The Kier molecular flexibility index (Phi) is 7.32.